The zero-order valence-corrected chi connectivity index (χ0v) is 18.0. The third-order valence-electron chi connectivity index (χ3n) is 3.47. The molecule has 0 aliphatic carbocycles. The first-order chi connectivity index (χ1) is 12.7. The number of aliphatic imine (C=N–C) groups is 1. The predicted octanol–water partition coefficient (Wildman–Crippen LogP) is 3.19. The van der Waals surface area contributed by atoms with E-state index in [1.54, 1.807) is 0 Å². The van der Waals surface area contributed by atoms with Gasteiger partial charge in [-0.2, -0.15) is 0 Å². The van der Waals surface area contributed by atoms with Gasteiger partial charge in [0, 0.05) is 12.2 Å². The Morgan fingerprint density at radius 1 is 1.04 bits per heavy atom. The quantitative estimate of drug-likeness (QED) is 0.234. The van der Waals surface area contributed by atoms with E-state index in [0.29, 0.717) is 25.7 Å². The van der Waals surface area contributed by atoms with Crippen molar-refractivity contribution in [3.8, 4) is 5.75 Å². The molecule has 0 fully saturated rings. The van der Waals surface area contributed by atoms with Crippen LogP contribution < -0.4 is 20.7 Å². The molecule has 27 heavy (non-hydrogen) atoms. The van der Waals surface area contributed by atoms with Gasteiger partial charge in [0.25, 0.3) is 0 Å². The van der Waals surface area contributed by atoms with Crippen molar-refractivity contribution >= 4 is 41.5 Å². The molecule has 0 unspecified atom stereocenters. The number of aryl methyl sites for hydroxylation is 1. The van der Waals surface area contributed by atoms with Gasteiger partial charge < -0.3 is 20.7 Å². The van der Waals surface area contributed by atoms with Crippen LogP contribution in [0.1, 0.15) is 12.5 Å². The number of para-hydroxylation sites is 1. The fourth-order valence-electron chi connectivity index (χ4n) is 2.19. The molecule has 0 aliphatic heterocycles. The first kappa shape index (κ1) is 22.8. The zero-order valence-electron chi connectivity index (χ0n) is 15.7. The second-order valence-electron chi connectivity index (χ2n) is 5.70. The number of anilines is 1. The molecule has 0 spiro atoms. The van der Waals surface area contributed by atoms with Crippen molar-refractivity contribution in [1.82, 2.24) is 10.6 Å². The summed E-state index contributed by atoms with van der Waals surface area (Å²) in [6.07, 6.45) is 0. The molecule has 0 atom stereocenters. The van der Waals surface area contributed by atoms with Crippen molar-refractivity contribution in [3.05, 3.63) is 60.2 Å². The van der Waals surface area contributed by atoms with Gasteiger partial charge in [-0.25, -0.2) is 4.99 Å². The lowest BCUT2D eigenvalue weighted by molar-refractivity contribution is -0.114. The molecule has 0 aliphatic rings. The van der Waals surface area contributed by atoms with Gasteiger partial charge in [-0.15, -0.1) is 24.0 Å². The van der Waals surface area contributed by atoms with Gasteiger partial charge >= 0.3 is 0 Å². The molecule has 0 saturated heterocycles. The van der Waals surface area contributed by atoms with Crippen molar-refractivity contribution in [2.75, 3.05) is 31.6 Å². The Morgan fingerprint density at radius 2 is 1.74 bits per heavy atom. The number of carbonyl (C=O) groups excluding carboxylic acids is 1. The minimum atomic E-state index is -0.163. The average Bonchev–Trinajstić information content (AvgIpc) is 2.65. The van der Waals surface area contributed by atoms with Gasteiger partial charge in [0.1, 0.15) is 18.9 Å². The van der Waals surface area contributed by atoms with E-state index in [-0.39, 0.29) is 36.4 Å². The molecule has 0 aromatic heterocycles. The molecule has 2 rings (SSSR count). The molecule has 6 nitrogen and oxygen atoms in total. The molecule has 3 N–H and O–H groups in total. The summed E-state index contributed by atoms with van der Waals surface area (Å²) in [5.41, 5.74) is 1.96. The summed E-state index contributed by atoms with van der Waals surface area (Å²) < 4.78 is 5.67. The maximum atomic E-state index is 12.0. The summed E-state index contributed by atoms with van der Waals surface area (Å²) >= 11 is 0. The smallest absolute Gasteiger partial charge is 0.246 e. The summed E-state index contributed by atoms with van der Waals surface area (Å²) in [5, 5.41) is 9.07. The highest BCUT2D eigenvalue weighted by molar-refractivity contribution is 14.0. The number of amides is 1. The molecule has 2 aromatic rings. The minimum Gasteiger partial charge on any atom is -0.492 e. The van der Waals surface area contributed by atoms with Gasteiger partial charge in [-0.3, -0.25) is 4.79 Å². The van der Waals surface area contributed by atoms with Crippen molar-refractivity contribution in [2.24, 2.45) is 4.99 Å². The van der Waals surface area contributed by atoms with Gasteiger partial charge in [-0.05, 0) is 38.1 Å². The molecule has 7 heteroatoms. The Bertz CT molecular complexity index is 706. The first-order valence-corrected chi connectivity index (χ1v) is 8.74. The Labute approximate surface area is 177 Å². The third-order valence-corrected chi connectivity index (χ3v) is 3.47. The zero-order chi connectivity index (χ0) is 18.6. The lowest BCUT2D eigenvalue weighted by Crippen LogP contribution is -2.39. The molecule has 0 bridgehead atoms. The Hall–Kier alpha value is -2.29. The molecule has 1 amide bonds. The van der Waals surface area contributed by atoms with E-state index in [2.05, 4.69) is 20.9 Å². The highest BCUT2D eigenvalue weighted by Gasteiger charge is 2.03. The fraction of sp³-hybridized carbons (Fsp3) is 0.300. The summed E-state index contributed by atoms with van der Waals surface area (Å²) in [6.45, 7) is 5.86. The Morgan fingerprint density at radius 3 is 2.41 bits per heavy atom. The van der Waals surface area contributed by atoms with E-state index in [9.17, 15) is 4.79 Å². The van der Waals surface area contributed by atoms with Crippen LogP contribution in [0.25, 0.3) is 0 Å². The Kier molecular flexibility index (Phi) is 10.9. The van der Waals surface area contributed by atoms with Gasteiger partial charge in [0.05, 0.1) is 6.54 Å². The van der Waals surface area contributed by atoms with Gasteiger partial charge in [0.2, 0.25) is 5.91 Å². The number of hydrogen-bond acceptors (Lipinski definition) is 3. The van der Waals surface area contributed by atoms with E-state index >= 15 is 0 Å². The van der Waals surface area contributed by atoms with Crippen LogP contribution in [0.15, 0.2) is 59.6 Å². The number of benzene rings is 2. The molecular formula is C20H27IN4O2. The van der Waals surface area contributed by atoms with Gasteiger partial charge in [-0.1, -0.05) is 35.9 Å². The number of hydrogen-bond donors (Lipinski definition) is 3. The number of halogens is 1. The molecule has 2 aromatic carbocycles. The summed E-state index contributed by atoms with van der Waals surface area (Å²) in [5.74, 6) is 1.26. The average molecular weight is 482 g/mol. The number of rotatable bonds is 8. The van der Waals surface area contributed by atoms with Gasteiger partial charge in [0.15, 0.2) is 5.96 Å². The summed E-state index contributed by atoms with van der Waals surface area (Å²) in [4.78, 5) is 16.3. The predicted molar refractivity (Wildman–Crippen MR) is 121 cm³/mol. The maximum Gasteiger partial charge on any atom is 0.246 e. The normalized spacial score (nSPS) is 10.5. The third kappa shape index (κ3) is 9.28. The number of nitrogens with one attached hydrogen (secondary N) is 3. The monoisotopic (exact) mass is 482 g/mol. The van der Waals surface area contributed by atoms with Crippen molar-refractivity contribution in [2.45, 2.75) is 13.8 Å². The number of nitrogens with zero attached hydrogens (tertiary/aromatic N) is 1. The topological polar surface area (TPSA) is 74.8 Å². The minimum absolute atomic E-state index is 0. The largest absolute Gasteiger partial charge is 0.492 e. The standard InChI is InChI=1S/C20H26N4O2.HI/c1-3-21-20(22-13-14-26-18-11-9-16(2)10-12-18)23-15-19(25)24-17-7-5-4-6-8-17;/h4-12H,3,13-15H2,1-2H3,(H,24,25)(H2,21,22,23);1H. The SMILES string of the molecule is CCNC(=NCC(=O)Nc1ccccc1)NCCOc1ccc(C)cc1.I. The number of ether oxygens (including phenoxy) is 1. The van der Waals surface area contributed by atoms with Crippen LogP contribution in [0.2, 0.25) is 0 Å². The van der Waals surface area contributed by atoms with Crippen molar-refractivity contribution in [1.29, 1.82) is 0 Å². The van der Waals surface area contributed by atoms with E-state index in [4.69, 9.17) is 4.74 Å². The lowest BCUT2D eigenvalue weighted by Gasteiger charge is -2.12. The van der Waals surface area contributed by atoms with Crippen LogP contribution >= 0.6 is 24.0 Å². The van der Waals surface area contributed by atoms with E-state index < -0.39 is 0 Å². The second-order valence-corrected chi connectivity index (χ2v) is 5.70. The molecule has 146 valence electrons. The summed E-state index contributed by atoms with van der Waals surface area (Å²) in [7, 11) is 0. The maximum absolute atomic E-state index is 12.0. The van der Waals surface area contributed by atoms with Crippen LogP contribution in [0.5, 0.6) is 5.75 Å². The molecular weight excluding hydrogens is 455 g/mol. The number of carbonyl (C=O) groups is 1. The van der Waals surface area contributed by atoms with Crippen LogP contribution in [0.3, 0.4) is 0 Å². The Balaban J connectivity index is 0.00000364. The van der Waals surface area contributed by atoms with Crippen LogP contribution in [-0.2, 0) is 4.79 Å². The number of guanidine groups is 1. The van der Waals surface area contributed by atoms with Crippen molar-refractivity contribution in [3.63, 3.8) is 0 Å². The summed E-state index contributed by atoms with van der Waals surface area (Å²) in [6, 6.07) is 17.3. The lowest BCUT2D eigenvalue weighted by atomic mass is 10.2. The second kappa shape index (κ2) is 13.0. The first-order valence-electron chi connectivity index (χ1n) is 8.74. The van der Waals surface area contributed by atoms with Crippen LogP contribution in [0.4, 0.5) is 5.69 Å². The van der Waals surface area contributed by atoms with Crippen LogP contribution in [-0.4, -0.2) is 38.1 Å². The van der Waals surface area contributed by atoms with Crippen molar-refractivity contribution < 1.29 is 9.53 Å². The highest BCUT2D eigenvalue weighted by Crippen LogP contribution is 2.10. The molecule has 0 saturated carbocycles. The van der Waals surface area contributed by atoms with E-state index in [0.717, 1.165) is 11.4 Å². The van der Waals surface area contributed by atoms with Crippen LogP contribution in [0, 0.1) is 6.92 Å². The van der Waals surface area contributed by atoms with E-state index in [1.165, 1.54) is 5.56 Å². The fourth-order valence-corrected chi connectivity index (χ4v) is 2.19. The molecule has 0 radical (unpaired) electrons. The molecule has 0 heterocycles. The highest BCUT2D eigenvalue weighted by atomic mass is 127. The van der Waals surface area contributed by atoms with E-state index in [1.807, 2.05) is 68.4 Å².